The van der Waals surface area contributed by atoms with Crippen molar-refractivity contribution in [3.63, 3.8) is 0 Å². The Kier molecular flexibility index (Phi) is 7.39. The fourth-order valence-electron chi connectivity index (χ4n) is 4.82. The number of hydrogen-bond acceptors (Lipinski definition) is 4. The smallest absolute Gasteiger partial charge is 0.327 e. The van der Waals surface area contributed by atoms with Gasteiger partial charge in [0, 0.05) is 12.1 Å². The first-order valence-electron chi connectivity index (χ1n) is 11.0. The Hall–Kier alpha value is -2.25. The molecule has 2 fully saturated rings. The zero-order chi connectivity index (χ0) is 20.8. The SMILES string of the molecule is O=C(O)CNC(=O)C1=C(O)N(C2CCCCCC2)C(=O)N(C2CCCCCC2)C1. The molecule has 0 spiro atoms. The summed E-state index contributed by atoms with van der Waals surface area (Å²) in [4.78, 5) is 40.1. The number of carbonyl (C=O) groups excluding carboxylic acids is 2. The summed E-state index contributed by atoms with van der Waals surface area (Å²) in [5.74, 6) is -2.06. The molecule has 2 aliphatic carbocycles. The van der Waals surface area contributed by atoms with Crippen molar-refractivity contribution in [3.8, 4) is 0 Å². The summed E-state index contributed by atoms with van der Waals surface area (Å²) >= 11 is 0. The summed E-state index contributed by atoms with van der Waals surface area (Å²) in [6.07, 6.45) is 12.0. The van der Waals surface area contributed by atoms with Crippen molar-refractivity contribution in [1.29, 1.82) is 0 Å². The van der Waals surface area contributed by atoms with Gasteiger partial charge in [-0.15, -0.1) is 0 Å². The van der Waals surface area contributed by atoms with Crippen molar-refractivity contribution in [2.24, 2.45) is 0 Å². The summed E-state index contributed by atoms with van der Waals surface area (Å²) in [7, 11) is 0. The molecule has 1 heterocycles. The van der Waals surface area contributed by atoms with Gasteiger partial charge in [0.1, 0.15) is 6.54 Å². The molecule has 0 atom stereocenters. The first kappa shape index (κ1) is 21.5. The van der Waals surface area contributed by atoms with E-state index in [1.807, 2.05) is 0 Å². The Balaban J connectivity index is 1.89. The fraction of sp³-hybridized carbons (Fsp3) is 0.762. The number of aliphatic carboxylic acids is 1. The van der Waals surface area contributed by atoms with Crippen molar-refractivity contribution >= 4 is 17.9 Å². The highest BCUT2D eigenvalue weighted by molar-refractivity contribution is 5.98. The molecule has 3 rings (SSSR count). The molecule has 2 saturated carbocycles. The van der Waals surface area contributed by atoms with Crippen LogP contribution in [0.2, 0.25) is 0 Å². The molecule has 29 heavy (non-hydrogen) atoms. The number of aliphatic hydroxyl groups excluding tert-OH is 1. The molecular weight excluding hydrogens is 374 g/mol. The number of urea groups is 1. The monoisotopic (exact) mass is 407 g/mol. The van der Waals surface area contributed by atoms with Crippen LogP contribution in [-0.4, -0.2) is 63.1 Å². The van der Waals surface area contributed by atoms with Crippen LogP contribution in [0.3, 0.4) is 0 Å². The average molecular weight is 408 g/mol. The minimum Gasteiger partial charge on any atom is -0.494 e. The fourth-order valence-corrected chi connectivity index (χ4v) is 4.82. The first-order valence-corrected chi connectivity index (χ1v) is 11.0. The number of carboxylic acid groups (broad SMARTS) is 1. The van der Waals surface area contributed by atoms with E-state index in [-0.39, 0.29) is 36.1 Å². The van der Waals surface area contributed by atoms with E-state index in [0.717, 1.165) is 77.0 Å². The van der Waals surface area contributed by atoms with Crippen LogP contribution in [0.4, 0.5) is 4.79 Å². The van der Waals surface area contributed by atoms with Crippen LogP contribution in [0.5, 0.6) is 0 Å². The number of hydrogen-bond donors (Lipinski definition) is 3. The summed E-state index contributed by atoms with van der Waals surface area (Å²) in [5, 5.41) is 22.1. The molecule has 0 radical (unpaired) electrons. The molecule has 0 saturated heterocycles. The number of amides is 3. The summed E-state index contributed by atoms with van der Waals surface area (Å²) in [5.41, 5.74) is 0.0966. The Bertz CT molecular complexity index is 647. The van der Waals surface area contributed by atoms with Gasteiger partial charge in [-0.3, -0.25) is 14.5 Å². The standard InChI is InChI=1S/C21H33N3O5/c25-18(26)13-22-19(27)17-14-23(15-9-5-1-2-6-10-15)21(29)24(20(17)28)16-11-7-3-4-8-12-16/h15-16,28H,1-14H2,(H,22,27)(H,25,26). The molecule has 3 aliphatic rings. The summed E-state index contributed by atoms with van der Waals surface area (Å²) < 4.78 is 0. The average Bonchev–Trinajstić information content (AvgIpc) is 3.12. The Morgan fingerprint density at radius 1 is 0.897 bits per heavy atom. The highest BCUT2D eigenvalue weighted by Crippen LogP contribution is 2.32. The molecule has 3 N–H and O–H groups in total. The third kappa shape index (κ3) is 5.22. The molecular formula is C21H33N3O5. The van der Waals surface area contributed by atoms with Crippen LogP contribution in [-0.2, 0) is 9.59 Å². The second-order valence-corrected chi connectivity index (χ2v) is 8.45. The zero-order valence-electron chi connectivity index (χ0n) is 17.1. The maximum absolute atomic E-state index is 13.4. The van der Waals surface area contributed by atoms with E-state index in [2.05, 4.69) is 5.32 Å². The number of rotatable bonds is 5. The Morgan fingerprint density at radius 3 is 1.93 bits per heavy atom. The van der Waals surface area contributed by atoms with Crippen LogP contribution in [0.1, 0.15) is 77.0 Å². The molecule has 0 bridgehead atoms. The zero-order valence-corrected chi connectivity index (χ0v) is 17.1. The molecule has 0 aromatic heterocycles. The van der Waals surface area contributed by atoms with Crippen LogP contribution in [0, 0.1) is 0 Å². The predicted molar refractivity (Wildman–Crippen MR) is 107 cm³/mol. The van der Waals surface area contributed by atoms with E-state index < -0.39 is 18.4 Å². The summed E-state index contributed by atoms with van der Waals surface area (Å²) in [6.45, 7) is -0.486. The number of aliphatic hydroxyl groups is 1. The number of nitrogens with zero attached hydrogens (tertiary/aromatic N) is 2. The summed E-state index contributed by atoms with van der Waals surface area (Å²) in [6, 6.07) is -0.286. The van der Waals surface area contributed by atoms with Gasteiger partial charge in [0.2, 0.25) is 5.88 Å². The van der Waals surface area contributed by atoms with Crippen molar-refractivity contribution in [1.82, 2.24) is 15.1 Å². The molecule has 0 aromatic carbocycles. The van der Waals surface area contributed by atoms with Crippen LogP contribution < -0.4 is 5.32 Å². The molecule has 8 heteroatoms. The van der Waals surface area contributed by atoms with E-state index in [4.69, 9.17) is 5.11 Å². The molecule has 8 nitrogen and oxygen atoms in total. The lowest BCUT2D eigenvalue weighted by molar-refractivity contribution is -0.137. The predicted octanol–water partition coefficient (Wildman–Crippen LogP) is 3.14. The van der Waals surface area contributed by atoms with Crippen molar-refractivity contribution in [2.45, 2.75) is 89.1 Å². The van der Waals surface area contributed by atoms with Gasteiger partial charge < -0.3 is 20.4 Å². The van der Waals surface area contributed by atoms with Gasteiger partial charge in [0.25, 0.3) is 5.91 Å². The van der Waals surface area contributed by atoms with E-state index in [1.165, 1.54) is 4.90 Å². The van der Waals surface area contributed by atoms with Crippen molar-refractivity contribution < 1.29 is 24.6 Å². The van der Waals surface area contributed by atoms with Crippen LogP contribution in [0.15, 0.2) is 11.5 Å². The van der Waals surface area contributed by atoms with Gasteiger partial charge in [-0.2, -0.15) is 0 Å². The topological polar surface area (TPSA) is 110 Å². The number of nitrogens with one attached hydrogen (secondary N) is 1. The quantitative estimate of drug-likeness (QED) is 0.607. The highest BCUT2D eigenvalue weighted by Gasteiger charge is 2.41. The van der Waals surface area contributed by atoms with Gasteiger partial charge in [-0.1, -0.05) is 51.4 Å². The Morgan fingerprint density at radius 2 is 1.41 bits per heavy atom. The lowest BCUT2D eigenvalue weighted by atomic mass is 10.0. The maximum atomic E-state index is 13.4. The molecule has 162 valence electrons. The molecule has 1 aliphatic heterocycles. The molecule has 3 amide bonds. The minimum absolute atomic E-state index is 0.0318. The van der Waals surface area contributed by atoms with Crippen LogP contribution in [0.25, 0.3) is 0 Å². The van der Waals surface area contributed by atoms with E-state index >= 15 is 0 Å². The van der Waals surface area contributed by atoms with Gasteiger partial charge in [0.05, 0.1) is 12.1 Å². The van der Waals surface area contributed by atoms with Gasteiger partial charge >= 0.3 is 12.0 Å². The second kappa shape index (κ2) is 9.98. The van der Waals surface area contributed by atoms with Gasteiger partial charge in [-0.25, -0.2) is 4.79 Å². The lowest BCUT2D eigenvalue weighted by Crippen LogP contribution is -2.56. The molecule has 0 aromatic rings. The van der Waals surface area contributed by atoms with E-state index in [1.54, 1.807) is 4.90 Å². The largest absolute Gasteiger partial charge is 0.494 e. The van der Waals surface area contributed by atoms with Crippen molar-refractivity contribution in [2.75, 3.05) is 13.1 Å². The number of carboxylic acids is 1. The number of carbonyl (C=O) groups is 3. The van der Waals surface area contributed by atoms with Crippen molar-refractivity contribution in [3.05, 3.63) is 11.5 Å². The van der Waals surface area contributed by atoms with Gasteiger partial charge in [0.15, 0.2) is 0 Å². The third-order valence-electron chi connectivity index (χ3n) is 6.41. The van der Waals surface area contributed by atoms with E-state index in [0.29, 0.717) is 0 Å². The lowest BCUT2D eigenvalue weighted by Gasteiger charge is -2.43. The van der Waals surface area contributed by atoms with E-state index in [9.17, 15) is 19.5 Å². The molecule has 0 unspecified atom stereocenters. The van der Waals surface area contributed by atoms with Gasteiger partial charge in [-0.05, 0) is 25.7 Å². The Labute approximate surface area is 171 Å². The third-order valence-corrected chi connectivity index (χ3v) is 6.41. The maximum Gasteiger partial charge on any atom is 0.327 e. The second-order valence-electron chi connectivity index (χ2n) is 8.45. The normalized spacial score (nSPS) is 23.0. The first-order chi connectivity index (χ1) is 14.0. The highest BCUT2D eigenvalue weighted by atomic mass is 16.4. The minimum atomic E-state index is -1.15. The van der Waals surface area contributed by atoms with Crippen LogP contribution >= 0.6 is 0 Å².